The molecule has 0 aliphatic carbocycles. The molecule has 5 nitrogen and oxygen atoms in total. The van der Waals surface area contributed by atoms with Crippen LogP contribution in [0.15, 0.2) is 12.1 Å². The van der Waals surface area contributed by atoms with Crippen molar-refractivity contribution in [3.63, 3.8) is 0 Å². The molecule has 5 heteroatoms. The Morgan fingerprint density at radius 2 is 2.35 bits per heavy atom. The molecule has 2 aromatic rings. The molecular formula is C12H16N4O. The van der Waals surface area contributed by atoms with Crippen LogP contribution in [-0.2, 0) is 0 Å². The zero-order valence-corrected chi connectivity index (χ0v) is 10.1. The smallest absolute Gasteiger partial charge is 0.198 e. The molecule has 2 aromatic heterocycles. The van der Waals surface area contributed by atoms with Gasteiger partial charge in [-0.1, -0.05) is 0 Å². The minimum absolute atomic E-state index is 0.518. The topological polar surface area (TPSA) is 51.5 Å². The van der Waals surface area contributed by atoms with Crippen molar-refractivity contribution in [2.24, 2.45) is 0 Å². The van der Waals surface area contributed by atoms with E-state index in [-0.39, 0.29) is 0 Å². The van der Waals surface area contributed by atoms with E-state index in [0.29, 0.717) is 5.92 Å². The lowest BCUT2D eigenvalue weighted by Gasteiger charge is -2.11. The fourth-order valence-electron chi connectivity index (χ4n) is 2.44. The highest BCUT2D eigenvalue weighted by molar-refractivity contribution is 5.54. The summed E-state index contributed by atoms with van der Waals surface area (Å²) in [6, 6.07) is 4.08. The van der Waals surface area contributed by atoms with Crippen molar-refractivity contribution in [1.29, 1.82) is 0 Å². The number of methoxy groups -OCH3 is 1. The summed E-state index contributed by atoms with van der Waals surface area (Å²) in [5, 5.41) is 7.84. The molecule has 3 heterocycles. The molecule has 1 unspecified atom stereocenters. The highest BCUT2D eigenvalue weighted by Crippen LogP contribution is 2.27. The number of aromatic nitrogens is 3. The molecule has 3 rings (SSSR count). The van der Waals surface area contributed by atoms with Gasteiger partial charge in [-0.2, -0.15) is 5.10 Å². The summed E-state index contributed by atoms with van der Waals surface area (Å²) in [6.45, 7) is 4.00. The zero-order valence-electron chi connectivity index (χ0n) is 10.1. The fourth-order valence-corrected chi connectivity index (χ4v) is 2.44. The van der Waals surface area contributed by atoms with Gasteiger partial charge in [0.05, 0.1) is 7.11 Å². The molecule has 0 bridgehead atoms. The van der Waals surface area contributed by atoms with Gasteiger partial charge in [-0.25, -0.2) is 9.50 Å². The molecule has 1 fully saturated rings. The summed E-state index contributed by atoms with van der Waals surface area (Å²) in [5.41, 5.74) is 2.03. The molecule has 17 heavy (non-hydrogen) atoms. The molecular weight excluding hydrogens is 216 g/mol. The Morgan fingerprint density at radius 3 is 3.06 bits per heavy atom. The van der Waals surface area contributed by atoms with E-state index in [9.17, 15) is 0 Å². The van der Waals surface area contributed by atoms with Crippen LogP contribution in [0.25, 0.3) is 5.65 Å². The molecule has 1 N–H and O–H groups in total. The number of pyridine rings is 1. The van der Waals surface area contributed by atoms with Gasteiger partial charge in [0.15, 0.2) is 11.4 Å². The Hall–Kier alpha value is -1.62. The lowest BCUT2D eigenvalue weighted by atomic mass is 10.0. The first-order valence-electron chi connectivity index (χ1n) is 5.90. The van der Waals surface area contributed by atoms with Gasteiger partial charge in [-0.3, -0.25) is 0 Å². The van der Waals surface area contributed by atoms with E-state index in [1.807, 2.05) is 17.5 Å². The van der Waals surface area contributed by atoms with E-state index >= 15 is 0 Å². The van der Waals surface area contributed by atoms with Gasteiger partial charge in [-0.05, 0) is 32.0 Å². The van der Waals surface area contributed by atoms with Crippen molar-refractivity contribution >= 4 is 5.65 Å². The molecule has 1 atom stereocenters. The Balaban J connectivity index is 2.18. The second kappa shape index (κ2) is 4.00. The highest BCUT2D eigenvalue weighted by Gasteiger charge is 2.21. The summed E-state index contributed by atoms with van der Waals surface area (Å²) >= 11 is 0. The van der Waals surface area contributed by atoms with Crippen LogP contribution < -0.4 is 10.1 Å². The monoisotopic (exact) mass is 232 g/mol. The standard InChI is InChI=1S/C12H16N4O/c1-8-14-12-11(17-2)4-3-10(16(12)15-8)9-5-6-13-7-9/h3-4,9,13H,5-7H2,1-2H3. The molecule has 0 spiro atoms. The third kappa shape index (κ3) is 1.67. The van der Waals surface area contributed by atoms with Crippen LogP contribution in [0, 0.1) is 6.92 Å². The van der Waals surface area contributed by atoms with E-state index in [1.165, 1.54) is 5.69 Å². The second-order valence-electron chi connectivity index (χ2n) is 4.41. The van der Waals surface area contributed by atoms with E-state index in [0.717, 1.165) is 36.7 Å². The first kappa shape index (κ1) is 10.5. The first-order chi connectivity index (χ1) is 8.29. The van der Waals surface area contributed by atoms with Crippen LogP contribution in [0.4, 0.5) is 0 Å². The van der Waals surface area contributed by atoms with E-state index < -0.39 is 0 Å². The summed E-state index contributed by atoms with van der Waals surface area (Å²) < 4.78 is 7.24. The van der Waals surface area contributed by atoms with Gasteiger partial charge in [-0.15, -0.1) is 0 Å². The third-order valence-corrected chi connectivity index (χ3v) is 3.28. The van der Waals surface area contributed by atoms with Crippen LogP contribution in [0.2, 0.25) is 0 Å². The van der Waals surface area contributed by atoms with Gasteiger partial charge in [0, 0.05) is 18.2 Å². The maximum atomic E-state index is 5.32. The largest absolute Gasteiger partial charge is 0.493 e. The summed E-state index contributed by atoms with van der Waals surface area (Å²) in [5.74, 6) is 2.08. The van der Waals surface area contributed by atoms with Gasteiger partial charge in [0.25, 0.3) is 0 Å². The number of nitrogens with one attached hydrogen (secondary N) is 1. The summed E-state index contributed by atoms with van der Waals surface area (Å²) in [7, 11) is 1.66. The van der Waals surface area contributed by atoms with Crippen molar-refractivity contribution < 1.29 is 4.74 Å². The number of hydrogen-bond acceptors (Lipinski definition) is 4. The van der Waals surface area contributed by atoms with Gasteiger partial charge in [0.1, 0.15) is 5.82 Å². The number of fused-ring (bicyclic) bond motifs is 1. The Morgan fingerprint density at radius 1 is 1.47 bits per heavy atom. The van der Waals surface area contributed by atoms with Crippen LogP contribution in [-0.4, -0.2) is 34.8 Å². The third-order valence-electron chi connectivity index (χ3n) is 3.28. The van der Waals surface area contributed by atoms with Gasteiger partial charge < -0.3 is 10.1 Å². The highest BCUT2D eigenvalue weighted by atomic mass is 16.5. The molecule has 0 aromatic carbocycles. The number of ether oxygens (including phenoxy) is 1. The first-order valence-corrected chi connectivity index (χ1v) is 5.90. The number of rotatable bonds is 2. The average Bonchev–Trinajstić information content (AvgIpc) is 2.95. The molecule has 0 radical (unpaired) electrons. The van der Waals surface area contributed by atoms with Crippen molar-refractivity contribution in [3.05, 3.63) is 23.7 Å². The van der Waals surface area contributed by atoms with Crippen LogP contribution in [0.1, 0.15) is 23.9 Å². The minimum atomic E-state index is 0.518. The Labute approximate surface area is 99.8 Å². The van der Waals surface area contributed by atoms with Crippen LogP contribution in [0.5, 0.6) is 5.75 Å². The molecule has 1 saturated heterocycles. The van der Waals surface area contributed by atoms with Crippen LogP contribution >= 0.6 is 0 Å². The number of nitrogens with zero attached hydrogens (tertiary/aromatic N) is 3. The molecule has 0 amide bonds. The Bertz CT molecular complexity index is 543. The molecule has 1 aliphatic rings. The van der Waals surface area contributed by atoms with E-state index in [1.54, 1.807) is 7.11 Å². The van der Waals surface area contributed by atoms with E-state index in [2.05, 4.69) is 21.5 Å². The predicted molar refractivity (Wildman–Crippen MR) is 64.5 cm³/mol. The normalized spacial score (nSPS) is 20.0. The van der Waals surface area contributed by atoms with Gasteiger partial charge >= 0.3 is 0 Å². The van der Waals surface area contributed by atoms with Crippen molar-refractivity contribution in [1.82, 2.24) is 19.9 Å². The van der Waals surface area contributed by atoms with Gasteiger partial charge in [0.2, 0.25) is 0 Å². The predicted octanol–water partition coefficient (Wildman–Crippen LogP) is 1.12. The van der Waals surface area contributed by atoms with Crippen molar-refractivity contribution in [3.8, 4) is 5.75 Å². The zero-order chi connectivity index (χ0) is 11.8. The second-order valence-corrected chi connectivity index (χ2v) is 4.41. The fraction of sp³-hybridized carbons (Fsp3) is 0.500. The quantitative estimate of drug-likeness (QED) is 0.843. The van der Waals surface area contributed by atoms with E-state index in [4.69, 9.17) is 4.74 Å². The minimum Gasteiger partial charge on any atom is -0.493 e. The average molecular weight is 232 g/mol. The maximum absolute atomic E-state index is 5.32. The summed E-state index contributed by atoms with van der Waals surface area (Å²) in [6.07, 6.45) is 1.15. The SMILES string of the molecule is COc1ccc(C2CCNC2)n2nc(C)nc12. The lowest BCUT2D eigenvalue weighted by molar-refractivity contribution is 0.416. The van der Waals surface area contributed by atoms with Crippen molar-refractivity contribution in [2.45, 2.75) is 19.3 Å². The number of hydrogen-bond donors (Lipinski definition) is 1. The number of aryl methyl sites for hydroxylation is 1. The molecule has 0 saturated carbocycles. The lowest BCUT2D eigenvalue weighted by Crippen LogP contribution is -2.11. The maximum Gasteiger partial charge on any atom is 0.198 e. The van der Waals surface area contributed by atoms with Crippen molar-refractivity contribution in [2.75, 3.05) is 20.2 Å². The Kier molecular flexibility index (Phi) is 2.48. The molecule has 1 aliphatic heterocycles. The van der Waals surface area contributed by atoms with Crippen LogP contribution in [0.3, 0.4) is 0 Å². The summed E-state index contributed by atoms with van der Waals surface area (Å²) in [4.78, 5) is 4.42. The molecule has 90 valence electrons.